The predicted octanol–water partition coefficient (Wildman–Crippen LogP) is 7.77. The van der Waals surface area contributed by atoms with Crippen LogP contribution in [0.15, 0.2) is 58.8 Å². The number of benzene rings is 2. The normalized spacial score (nSPS) is 12.7. The number of hydrogen-bond acceptors (Lipinski definition) is 5. The summed E-state index contributed by atoms with van der Waals surface area (Å²) in [5.74, 6) is 0. The lowest BCUT2D eigenvalue weighted by Crippen LogP contribution is -2.11. The molecule has 0 radical (unpaired) electrons. The maximum atomic E-state index is 5.60. The van der Waals surface area contributed by atoms with Crippen LogP contribution in [0, 0.1) is 0 Å². The van der Waals surface area contributed by atoms with Crippen molar-refractivity contribution in [3.63, 3.8) is 0 Å². The fourth-order valence-corrected chi connectivity index (χ4v) is 6.37. The van der Waals surface area contributed by atoms with Gasteiger partial charge in [0.2, 0.25) is 0 Å². The Morgan fingerprint density at radius 1 is 0.931 bits per heavy atom. The highest BCUT2D eigenvalue weighted by Crippen LogP contribution is 2.43. The molecule has 0 amide bonds. The zero-order valence-corrected chi connectivity index (χ0v) is 17.9. The van der Waals surface area contributed by atoms with Crippen molar-refractivity contribution in [2.45, 2.75) is 26.2 Å². The molecule has 0 spiro atoms. The average Bonchev–Trinajstić information content (AvgIpc) is 3.42. The second-order valence-electron chi connectivity index (χ2n) is 8.39. The van der Waals surface area contributed by atoms with Crippen LogP contribution in [-0.4, -0.2) is 9.97 Å². The van der Waals surface area contributed by atoms with Crippen molar-refractivity contribution in [2.24, 2.45) is 0 Å². The van der Waals surface area contributed by atoms with E-state index in [1.54, 1.807) is 23.9 Å². The number of fused-ring (bicyclic) bond motifs is 6. The molecule has 0 saturated heterocycles. The Morgan fingerprint density at radius 3 is 2.69 bits per heavy atom. The van der Waals surface area contributed by atoms with E-state index in [1.165, 1.54) is 25.7 Å². The lowest BCUT2D eigenvalue weighted by atomic mass is 9.85. The summed E-state index contributed by atoms with van der Waals surface area (Å²) in [5, 5.41) is 6.91. The Kier molecular flexibility index (Phi) is 3.47. The molecule has 6 rings (SSSR count). The highest BCUT2D eigenvalue weighted by molar-refractivity contribution is 7.26. The summed E-state index contributed by atoms with van der Waals surface area (Å²) < 4.78 is 8.17. The minimum absolute atomic E-state index is 0.0604. The highest BCUT2D eigenvalue weighted by Gasteiger charge is 2.21. The molecule has 4 heterocycles. The number of furan rings is 1. The molecule has 0 unspecified atom stereocenters. The van der Waals surface area contributed by atoms with Gasteiger partial charge in [-0.25, -0.2) is 9.97 Å². The van der Waals surface area contributed by atoms with Gasteiger partial charge < -0.3 is 4.42 Å². The van der Waals surface area contributed by atoms with Crippen LogP contribution in [0.1, 0.15) is 26.3 Å². The van der Waals surface area contributed by atoms with Crippen molar-refractivity contribution < 1.29 is 4.42 Å². The lowest BCUT2D eigenvalue weighted by Gasteiger charge is -2.21. The summed E-state index contributed by atoms with van der Waals surface area (Å²) in [6.07, 6.45) is 3.44. The Hall–Kier alpha value is -2.76. The second-order valence-corrected chi connectivity index (χ2v) is 10.3. The summed E-state index contributed by atoms with van der Waals surface area (Å²) in [4.78, 5) is 10.4. The largest absolute Gasteiger partial charge is 0.464 e. The van der Waals surface area contributed by atoms with Gasteiger partial charge in [-0.1, -0.05) is 20.8 Å². The SMILES string of the molecule is CC(C)(C)c1cc(-c2ncnc3sc4c5ccoc5ccc4c23)cc2ccsc12. The molecule has 6 aromatic rings. The van der Waals surface area contributed by atoms with Gasteiger partial charge in [0.05, 0.1) is 12.0 Å². The summed E-state index contributed by atoms with van der Waals surface area (Å²) >= 11 is 3.52. The van der Waals surface area contributed by atoms with Crippen LogP contribution in [0.4, 0.5) is 0 Å². The van der Waals surface area contributed by atoms with E-state index in [9.17, 15) is 0 Å². The number of thiophene rings is 2. The predicted molar refractivity (Wildman–Crippen MR) is 124 cm³/mol. The Balaban J connectivity index is 1.73. The topological polar surface area (TPSA) is 38.9 Å². The van der Waals surface area contributed by atoms with Gasteiger partial charge in [-0.05, 0) is 58.1 Å². The Morgan fingerprint density at radius 2 is 1.83 bits per heavy atom. The van der Waals surface area contributed by atoms with Crippen molar-refractivity contribution in [3.05, 3.63) is 59.9 Å². The van der Waals surface area contributed by atoms with Gasteiger partial charge in [0.25, 0.3) is 0 Å². The molecule has 29 heavy (non-hydrogen) atoms. The molecule has 0 saturated carbocycles. The highest BCUT2D eigenvalue weighted by atomic mass is 32.1. The second kappa shape index (κ2) is 5.88. The van der Waals surface area contributed by atoms with Gasteiger partial charge in [-0.2, -0.15) is 0 Å². The molecule has 3 nitrogen and oxygen atoms in total. The van der Waals surface area contributed by atoms with Gasteiger partial charge in [-0.15, -0.1) is 22.7 Å². The molecule has 0 fully saturated rings. The summed E-state index contributed by atoms with van der Waals surface area (Å²) in [6, 6.07) is 13.0. The van der Waals surface area contributed by atoms with Gasteiger partial charge in [0.1, 0.15) is 16.7 Å². The van der Waals surface area contributed by atoms with E-state index in [4.69, 9.17) is 9.40 Å². The number of rotatable bonds is 1. The number of aromatic nitrogens is 2. The molecular weight excluding hydrogens is 396 g/mol. The van der Waals surface area contributed by atoms with Gasteiger partial charge in [0, 0.05) is 31.1 Å². The van der Waals surface area contributed by atoms with Gasteiger partial charge >= 0.3 is 0 Å². The Labute approximate surface area is 175 Å². The van der Waals surface area contributed by atoms with E-state index >= 15 is 0 Å². The smallest absolute Gasteiger partial charge is 0.135 e. The molecule has 0 aliphatic rings. The standard InChI is InChI=1S/C24H18N2OS2/c1-24(2,3)17-11-14(10-13-7-9-28-21(13)17)20-19-16-4-5-18-15(6-8-27-18)22(16)29-23(19)26-12-25-20/h4-12H,1-3H3. The third-order valence-corrected chi connectivity index (χ3v) is 7.61. The van der Waals surface area contributed by atoms with E-state index in [2.05, 4.69) is 55.4 Å². The molecule has 0 aliphatic heterocycles. The summed E-state index contributed by atoms with van der Waals surface area (Å²) in [5.41, 5.74) is 4.49. The molecule has 4 aromatic heterocycles. The molecule has 2 aromatic carbocycles. The van der Waals surface area contributed by atoms with Crippen LogP contribution in [0.3, 0.4) is 0 Å². The van der Waals surface area contributed by atoms with E-state index in [-0.39, 0.29) is 5.41 Å². The first kappa shape index (κ1) is 17.1. The molecule has 5 heteroatoms. The minimum atomic E-state index is 0.0604. The van der Waals surface area contributed by atoms with Gasteiger partial charge in [-0.3, -0.25) is 0 Å². The lowest BCUT2D eigenvalue weighted by molar-refractivity contribution is 0.597. The molecular formula is C24H18N2OS2. The Bertz CT molecular complexity index is 1550. The van der Waals surface area contributed by atoms with Crippen molar-refractivity contribution in [1.82, 2.24) is 9.97 Å². The van der Waals surface area contributed by atoms with E-state index < -0.39 is 0 Å². The zero-order chi connectivity index (χ0) is 19.8. The van der Waals surface area contributed by atoms with E-state index in [1.807, 2.05) is 23.5 Å². The van der Waals surface area contributed by atoms with Gasteiger partial charge in [0.15, 0.2) is 0 Å². The molecule has 0 aliphatic carbocycles. The van der Waals surface area contributed by atoms with E-state index in [0.29, 0.717) is 0 Å². The third kappa shape index (κ3) is 2.47. The maximum absolute atomic E-state index is 5.60. The monoisotopic (exact) mass is 414 g/mol. The van der Waals surface area contributed by atoms with Crippen LogP contribution in [0.5, 0.6) is 0 Å². The fraction of sp³-hybridized carbons (Fsp3) is 0.167. The summed E-state index contributed by atoms with van der Waals surface area (Å²) in [6.45, 7) is 6.82. The number of nitrogens with zero attached hydrogens (tertiary/aromatic N) is 2. The first-order chi connectivity index (χ1) is 14.0. The van der Waals surface area contributed by atoms with Crippen molar-refractivity contribution in [2.75, 3.05) is 0 Å². The zero-order valence-electron chi connectivity index (χ0n) is 16.3. The molecule has 142 valence electrons. The average molecular weight is 415 g/mol. The van der Waals surface area contributed by atoms with Crippen molar-refractivity contribution >= 4 is 64.0 Å². The third-order valence-electron chi connectivity index (χ3n) is 5.50. The van der Waals surface area contributed by atoms with Crippen LogP contribution in [0.2, 0.25) is 0 Å². The van der Waals surface area contributed by atoms with Crippen LogP contribution in [-0.2, 0) is 5.41 Å². The minimum Gasteiger partial charge on any atom is -0.464 e. The van der Waals surface area contributed by atoms with E-state index in [0.717, 1.165) is 32.4 Å². The molecule has 0 bridgehead atoms. The molecule has 0 atom stereocenters. The van der Waals surface area contributed by atoms with Crippen LogP contribution >= 0.6 is 22.7 Å². The number of hydrogen-bond donors (Lipinski definition) is 0. The molecule has 0 N–H and O–H groups in total. The van der Waals surface area contributed by atoms with Crippen LogP contribution in [0.25, 0.3) is 52.6 Å². The maximum Gasteiger partial charge on any atom is 0.135 e. The van der Waals surface area contributed by atoms with Crippen molar-refractivity contribution in [1.29, 1.82) is 0 Å². The fourth-order valence-electron chi connectivity index (χ4n) is 4.11. The first-order valence-electron chi connectivity index (χ1n) is 9.56. The quantitative estimate of drug-likeness (QED) is 0.276. The van der Waals surface area contributed by atoms with Crippen LogP contribution < -0.4 is 0 Å². The van der Waals surface area contributed by atoms with Crippen molar-refractivity contribution in [3.8, 4) is 11.3 Å². The summed E-state index contributed by atoms with van der Waals surface area (Å²) in [7, 11) is 0. The first-order valence-corrected chi connectivity index (χ1v) is 11.3.